The number of aromatic nitrogens is 3. The minimum atomic E-state index is -0.274. The number of hydrogen-bond donors (Lipinski definition) is 0. The molecule has 0 spiro atoms. The van der Waals surface area contributed by atoms with E-state index in [-0.39, 0.29) is 23.9 Å². The van der Waals surface area contributed by atoms with Gasteiger partial charge in [0.25, 0.3) is 0 Å². The number of benzene rings is 2. The normalized spacial score (nSPS) is 18.7. The molecule has 0 unspecified atom stereocenters. The third-order valence-corrected chi connectivity index (χ3v) is 5.99. The molecule has 4 rings (SSSR count). The minimum absolute atomic E-state index is 0.0695. The Labute approximate surface area is 174 Å². The van der Waals surface area contributed by atoms with Gasteiger partial charge in [0.05, 0.1) is 0 Å². The van der Waals surface area contributed by atoms with Gasteiger partial charge in [-0.25, -0.2) is 0 Å². The molecule has 2 atom stereocenters. The lowest BCUT2D eigenvalue weighted by Gasteiger charge is -2.14. The van der Waals surface area contributed by atoms with Gasteiger partial charge in [0, 0.05) is 12.1 Å². The van der Waals surface area contributed by atoms with Crippen molar-refractivity contribution in [2.24, 2.45) is 0 Å². The van der Waals surface area contributed by atoms with E-state index in [0.717, 1.165) is 22.6 Å². The number of thioether (sulfide) groups is 1. The SMILES string of the molecule is Cc1cccc(C)c1OCc1nnc(S[C@@H]2C[C@H](C)OC2=O)n1-c1ccccc1. The predicted octanol–water partition coefficient (Wildman–Crippen LogP) is 4.26. The van der Waals surface area contributed by atoms with Gasteiger partial charge in [-0.2, -0.15) is 0 Å². The first-order chi connectivity index (χ1) is 14.0. The van der Waals surface area contributed by atoms with Crippen LogP contribution in [0.2, 0.25) is 0 Å². The van der Waals surface area contributed by atoms with Gasteiger partial charge in [-0.3, -0.25) is 9.36 Å². The third-order valence-electron chi connectivity index (χ3n) is 4.84. The zero-order chi connectivity index (χ0) is 20.4. The number of carbonyl (C=O) groups excluding carboxylic acids is 1. The minimum Gasteiger partial charge on any atom is -0.485 e. The van der Waals surface area contributed by atoms with E-state index in [4.69, 9.17) is 9.47 Å². The Kier molecular flexibility index (Phi) is 5.58. The van der Waals surface area contributed by atoms with Gasteiger partial charge in [-0.05, 0) is 44.0 Å². The van der Waals surface area contributed by atoms with Gasteiger partial charge in [0.15, 0.2) is 11.0 Å². The Morgan fingerprint density at radius 3 is 2.48 bits per heavy atom. The second-order valence-electron chi connectivity index (χ2n) is 7.17. The van der Waals surface area contributed by atoms with Crippen molar-refractivity contribution in [3.05, 3.63) is 65.5 Å². The largest absolute Gasteiger partial charge is 0.485 e. The average Bonchev–Trinajstić information content (AvgIpc) is 3.24. The van der Waals surface area contributed by atoms with Crippen LogP contribution in [-0.2, 0) is 16.1 Å². The number of cyclic esters (lactones) is 1. The van der Waals surface area contributed by atoms with Crippen LogP contribution in [0, 0.1) is 13.8 Å². The average molecular weight is 410 g/mol. The summed E-state index contributed by atoms with van der Waals surface area (Å²) in [4.78, 5) is 12.1. The first-order valence-electron chi connectivity index (χ1n) is 9.59. The molecule has 0 amide bonds. The van der Waals surface area contributed by atoms with E-state index < -0.39 is 0 Å². The van der Waals surface area contributed by atoms with E-state index in [1.807, 2.05) is 73.9 Å². The molecule has 0 radical (unpaired) electrons. The van der Waals surface area contributed by atoms with Gasteiger partial charge in [-0.1, -0.05) is 48.2 Å². The molecular formula is C22H23N3O3S. The van der Waals surface area contributed by atoms with Crippen molar-refractivity contribution < 1.29 is 14.3 Å². The summed E-state index contributed by atoms with van der Waals surface area (Å²) >= 11 is 1.39. The Bertz CT molecular complexity index is 999. The van der Waals surface area contributed by atoms with Crippen molar-refractivity contribution in [1.29, 1.82) is 0 Å². The van der Waals surface area contributed by atoms with Crippen LogP contribution in [0.5, 0.6) is 5.75 Å². The van der Waals surface area contributed by atoms with Crippen molar-refractivity contribution in [3.63, 3.8) is 0 Å². The maximum Gasteiger partial charge on any atom is 0.319 e. The van der Waals surface area contributed by atoms with Crippen LogP contribution in [0.4, 0.5) is 0 Å². The predicted molar refractivity (Wildman–Crippen MR) is 111 cm³/mol. The van der Waals surface area contributed by atoms with Crippen molar-refractivity contribution in [2.75, 3.05) is 0 Å². The van der Waals surface area contributed by atoms with Crippen LogP contribution in [0.3, 0.4) is 0 Å². The second kappa shape index (κ2) is 8.29. The number of aryl methyl sites for hydroxylation is 2. The summed E-state index contributed by atoms with van der Waals surface area (Å²) < 4.78 is 13.4. The lowest BCUT2D eigenvalue weighted by Crippen LogP contribution is -2.12. The Hall–Kier alpha value is -2.80. The van der Waals surface area contributed by atoms with Crippen LogP contribution >= 0.6 is 11.8 Å². The van der Waals surface area contributed by atoms with E-state index >= 15 is 0 Å². The smallest absolute Gasteiger partial charge is 0.319 e. The van der Waals surface area contributed by atoms with Crippen molar-refractivity contribution in [3.8, 4) is 11.4 Å². The first kappa shape index (κ1) is 19.5. The highest BCUT2D eigenvalue weighted by Gasteiger charge is 2.34. The molecule has 1 saturated heterocycles. The fourth-order valence-electron chi connectivity index (χ4n) is 3.41. The number of rotatable bonds is 6. The van der Waals surface area contributed by atoms with E-state index in [0.29, 0.717) is 17.4 Å². The second-order valence-corrected chi connectivity index (χ2v) is 8.34. The zero-order valence-corrected chi connectivity index (χ0v) is 17.5. The summed E-state index contributed by atoms with van der Waals surface area (Å²) in [7, 11) is 0. The van der Waals surface area contributed by atoms with Gasteiger partial charge in [0.1, 0.15) is 23.7 Å². The maximum atomic E-state index is 12.1. The number of carbonyl (C=O) groups is 1. The maximum absolute atomic E-state index is 12.1. The zero-order valence-electron chi connectivity index (χ0n) is 16.7. The Morgan fingerprint density at radius 1 is 1.10 bits per heavy atom. The Morgan fingerprint density at radius 2 is 1.83 bits per heavy atom. The lowest BCUT2D eigenvalue weighted by molar-refractivity contribution is -0.140. The fraction of sp³-hybridized carbons (Fsp3) is 0.318. The summed E-state index contributed by atoms with van der Waals surface area (Å²) in [6.45, 7) is 6.24. The molecule has 3 aromatic rings. The summed E-state index contributed by atoms with van der Waals surface area (Å²) in [5.74, 6) is 1.34. The van der Waals surface area contributed by atoms with Gasteiger partial charge >= 0.3 is 5.97 Å². The molecule has 1 fully saturated rings. The molecule has 1 aliphatic rings. The molecule has 0 aliphatic carbocycles. The lowest BCUT2D eigenvalue weighted by atomic mass is 10.1. The molecule has 2 aromatic carbocycles. The fourth-order valence-corrected chi connectivity index (χ4v) is 4.59. The highest BCUT2D eigenvalue weighted by molar-refractivity contribution is 8.00. The molecule has 1 aromatic heterocycles. The Balaban J connectivity index is 1.64. The molecule has 0 saturated carbocycles. The van der Waals surface area contributed by atoms with Gasteiger partial charge in [-0.15, -0.1) is 10.2 Å². The topological polar surface area (TPSA) is 66.2 Å². The number of ether oxygens (including phenoxy) is 2. The molecule has 7 heteroatoms. The number of nitrogens with zero attached hydrogens (tertiary/aromatic N) is 3. The summed E-state index contributed by atoms with van der Waals surface area (Å²) in [6.07, 6.45) is 0.597. The summed E-state index contributed by atoms with van der Waals surface area (Å²) in [5, 5.41) is 9.11. The van der Waals surface area contributed by atoms with E-state index in [9.17, 15) is 4.79 Å². The molecule has 0 bridgehead atoms. The number of para-hydroxylation sites is 2. The van der Waals surface area contributed by atoms with Crippen LogP contribution in [0.25, 0.3) is 5.69 Å². The summed E-state index contributed by atoms with van der Waals surface area (Å²) in [5.41, 5.74) is 3.08. The van der Waals surface area contributed by atoms with Crippen molar-refractivity contribution in [1.82, 2.24) is 14.8 Å². The monoisotopic (exact) mass is 409 g/mol. The molecule has 0 N–H and O–H groups in total. The third kappa shape index (κ3) is 4.15. The van der Waals surface area contributed by atoms with Crippen LogP contribution in [0.15, 0.2) is 53.7 Å². The molecular weight excluding hydrogens is 386 g/mol. The molecule has 1 aliphatic heterocycles. The van der Waals surface area contributed by atoms with E-state index in [2.05, 4.69) is 10.2 Å². The van der Waals surface area contributed by atoms with Crippen LogP contribution in [0.1, 0.15) is 30.3 Å². The van der Waals surface area contributed by atoms with Crippen molar-refractivity contribution in [2.45, 2.75) is 50.3 Å². The standard InChI is InChI=1S/C22H23N3O3S/c1-14-8-7-9-15(2)20(14)27-13-19-23-24-22(25(19)17-10-5-4-6-11-17)29-18-12-16(3)28-21(18)26/h4-11,16,18H,12-13H2,1-3H3/t16-,18+/m0/s1. The van der Waals surface area contributed by atoms with Gasteiger partial charge in [0.2, 0.25) is 0 Å². The highest BCUT2D eigenvalue weighted by atomic mass is 32.2. The first-order valence-corrected chi connectivity index (χ1v) is 10.5. The van der Waals surface area contributed by atoms with E-state index in [1.54, 1.807) is 0 Å². The molecule has 6 nitrogen and oxygen atoms in total. The van der Waals surface area contributed by atoms with Crippen LogP contribution in [-0.4, -0.2) is 32.1 Å². The number of hydrogen-bond acceptors (Lipinski definition) is 6. The number of esters is 1. The molecule has 29 heavy (non-hydrogen) atoms. The van der Waals surface area contributed by atoms with Crippen molar-refractivity contribution >= 4 is 17.7 Å². The molecule has 2 heterocycles. The van der Waals surface area contributed by atoms with Gasteiger partial charge < -0.3 is 9.47 Å². The quantitative estimate of drug-likeness (QED) is 0.567. The molecule has 150 valence electrons. The van der Waals surface area contributed by atoms with E-state index in [1.165, 1.54) is 11.8 Å². The van der Waals surface area contributed by atoms with Crippen LogP contribution < -0.4 is 4.74 Å². The summed E-state index contributed by atoms with van der Waals surface area (Å²) in [6, 6.07) is 15.9. The highest BCUT2D eigenvalue weighted by Crippen LogP contribution is 2.33.